The monoisotopic (exact) mass is 389 g/mol. The zero-order valence-electron chi connectivity index (χ0n) is 14.9. The van der Waals surface area contributed by atoms with Crippen LogP contribution < -0.4 is 9.62 Å². The third-order valence-corrected chi connectivity index (χ3v) is 5.05. The second-order valence-electron chi connectivity index (χ2n) is 6.48. The van der Waals surface area contributed by atoms with Crippen molar-refractivity contribution < 1.29 is 17.8 Å². The molecule has 1 fully saturated rings. The van der Waals surface area contributed by atoms with Gasteiger partial charge in [0.05, 0.1) is 5.69 Å². The SMILES string of the molecule is O=C(CCc1ccccc1)N1CCN(c2cccc(NS(=O)(=O)O)c2)CC1. The smallest absolute Gasteiger partial charge is 0.357 e. The lowest BCUT2D eigenvalue weighted by Crippen LogP contribution is -2.48. The first kappa shape index (κ1) is 19.2. The van der Waals surface area contributed by atoms with Crippen LogP contribution in [0.4, 0.5) is 11.4 Å². The van der Waals surface area contributed by atoms with Gasteiger partial charge in [-0.1, -0.05) is 36.4 Å². The molecule has 0 spiro atoms. The number of nitrogens with one attached hydrogen (secondary N) is 1. The lowest BCUT2D eigenvalue weighted by molar-refractivity contribution is -0.131. The van der Waals surface area contributed by atoms with Gasteiger partial charge in [0.1, 0.15) is 0 Å². The Kier molecular flexibility index (Phi) is 5.98. The van der Waals surface area contributed by atoms with E-state index in [4.69, 9.17) is 4.55 Å². The third kappa shape index (κ3) is 5.70. The summed E-state index contributed by atoms with van der Waals surface area (Å²) >= 11 is 0. The summed E-state index contributed by atoms with van der Waals surface area (Å²) in [6.45, 7) is 2.60. The molecule has 1 amide bonds. The normalized spacial score (nSPS) is 14.9. The van der Waals surface area contributed by atoms with Crippen LogP contribution in [0, 0.1) is 0 Å². The second-order valence-corrected chi connectivity index (χ2v) is 7.64. The minimum Gasteiger partial charge on any atom is -0.368 e. The van der Waals surface area contributed by atoms with Crippen molar-refractivity contribution in [1.82, 2.24) is 4.90 Å². The number of carbonyl (C=O) groups excluding carboxylic acids is 1. The van der Waals surface area contributed by atoms with E-state index in [2.05, 4.69) is 9.62 Å². The van der Waals surface area contributed by atoms with Gasteiger partial charge in [-0.15, -0.1) is 0 Å². The van der Waals surface area contributed by atoms with Gasteiger partial charge in [0, 0.05) is 38.3 Å². The molecule has 27 heavy (non-hydrogen) atoms. The van der Waals surface area contributed by atoms with Gasteiger partial charge in [-0.25, -0.2) is 0 Å². The number of benzene rings is 2. The van der Waals surface area contributed by atoms with Gasteiger partial charge in [-0.3, -0.25) is 14.1 Å². The van der Waals surface area contributed by atoms with Crippen LogP contribution in [0.3, 0.4) is 0 Å². The summed E-state index contributed by atoms with van der Waals surface area (Å²) in [6.07, 6.45) is 1.24. The van der Waals surface area contributed by atoms with Crippen molar-refractivity contribution in [3.05, 3.63) is 60.2 Å². The quantitative estimate of drug-likeness (QED) is 0.739. The van der Waals surface area contributed by atoms with Gasteiger partial charge in [0.2, 0.25) is 5.91 Å². The second kappa shape index (κ2) is 8.41. The van der Waals surface area contributed by atoms with Gasteiger partial charge in [-0.05, 0) is 30.2 Å². The van der Waals surface area contributed by atoms with E-state index >= 15 is 0 Å². The van der Waals surface area contributed by atoms with E-state index in [1.54, 1.807) is 18.2 Å². The Hall–Kier alpha value is -2.58. The fraction of sp³-hybridized carbons (Fsp3) is 0.316. The molecule has 3 rings (SSSR count). The largest absolute Gasteiger partial charge is 0.368 e. The van der Waals surface area contributed by atoms with E-state index in [9.17, 15) is 13.2 Å². The molecular weight excluding hydrogens is 366 g/mol. The van der Waals surface area contributed by atoms with Crippen LogP contribution in [0.2, 0.25) is 0 Å². The minimum absolute atomic E-state index is 0.153. The molecule has 1 aliphatic rings. The summed E-state index contributed by atoms with van der Waals surface area (Å²) in [5.74, 6) is 0.153. The van der Waals surface area contributed by atoms with Crippen molar-refractivity contribution in [3.8, 4) is 0 Å². The molecular formula is C19H23N3O4S. The molecule has 144 valence electrons. The highest BCUT2D eigenvalue weighted by molar-refractivity contribution is 7.87. The number of nitrogens with zero attached hydrogens (tertiary/aromatic N) is 2. The molecule has 0 aromatic heterocycles. The van der Waals surface area contributed by atoms with E-state index in [1.807, 2.05) is 41.3 Å². The highest BCUT2D eigenvalue weighted by Gasteiger charge is 2.21. The summed E-state index contributed by atoms with van der Waals surface area (Å²) in [7, 11) is -4.30. The maximum absolute atomic E-state index is 12.4. The maximum Gasteiger partial charge on any atom is 0.357 e. The van der Waals surface area contributed by atoms with Gasteiger partial charge in [0.15, 0.2) is 0 Å². The van der Waals surface area contributed by atoms with Crippen molar-refractivity contribution in [2.75, 3.05) is 35.8 Å². The Balaban J connectivity index is 1.52. The van der Waals surface area contributed by atoms with Crippen LogP contribution in [0.5, 0.6) is 0 Å². The first-order valence-electron chi connectivity index (χ1n) is 8.83. The molecule has 1 aliphatic heterocycles. The van der Waals surface area contributed by atoms with Crippen molar-refractivity contribution in [3.63, 3.8) is 0 Å². The van der Waals surface area contributed by atoms with Crippen molar-refractivity contribution >= 4 is 27.6 Å². The number of carbonyl (C=O) groups is 1. The average molecular weight is 389 g/mol. The molecule has 8 heteroatoms. The van der Waals surface area contributed by atoms with Crippen LogP contribution in [0.25, 0.3) is 0 Å². The summed E-state index contributed by atoms with van der Waals surface area (Å²) in [6, 6.07) is 16.8. The number of amides is 1. The Bertz CT molecular complexity index is 879. The maximum atomic E-state index is 12.4. The van der Waals surface area contributed by atoms with Gasteiger partial charge < -0.3 is 9.80 Å². The number of hydrogen-bond donors (Lipinski definition) is 2. The van der Waals surface area contributed by atoms with Gasteiger partial charge in [0.25, 0.3) is 0 Å². The summed E-state index contributed by atoms with van der Waals surface area (Å²) < 4.78 is 32.9. The molecule has 1 saturated heterocycles. The highest BCUT2D eigenvalue weighted by atomic mass is 32.2. The average Bonchev–Trinajstić information content (AvgIpc) is 2.66. The van der Waals surface area contributed by atoms with Crippen molar-refractivity contribution in [1.29, 1.82) is 0 Å². The van der Waals surface area contributed by atoms with Crippen LogP contribution in [-0.2, 0) is 21.5 Å². The van der Waals surface area contributed by atoms with Crippen molar-refractivity contribution in [2.24, 2.45) is 0 Å². The molecule has 0 atom stereocenters. The number of aryl methyl sites for hydroxylation is 1. The number of hydrogen-bond acceptors (Lipinski definition) is 4. The van der Waals surface area contributed by atoms with Crippen LogP contribution >= 0.6 is 0 Å². The number of rotatable bonds is 6. The fourth-order valence-electron chi connectivity index (χ4n) is 3.18. The van der Waals surface area contributed by atoms with Crippen LogP contribution in [0.1, 0.15) is 12.0 Å². The molecule has 1 heterocycles. The first-order chi connectivity index (χ1) is 12.9. The van der Waals surface area contributed by atoms with Crippen LogP contribution in [0.15, 0.2) is 54.6 Å². The molecule has 2 aromatic rings. The predicted molar refractivity (Wildman–Crippen MR) is 105 cm³/mol. The van der Waals surface area contributed by atoms with Crippen molar-refractivity contribution in [2.45, 2.75) is 12.8 Å². The molecule has 0 aliphatic carbocycles. The van der Waals surface area contributed by atoms with E-state index in [-0.39, 0.29) is 5.91 Å². The van der Waals surface area contributed by atoms with E-state index in [0.29, 0.717) is 38.3 Å². The molecule has 0 radical (unpaired) electrons. The summed E-state index contributed by atoms with van der Waals surface area (Å²) in [5.41, 5.74) is 2.31. The zero-order chi connectivity index (χ0) is 19.3. The van der Waals surface area contributed by atoms with Crippen LogP contribution in [-0.4, -0.2) is 50.0 Å². The third-order valence-electron chi connectivity index (χ3n) is 4.56. The standard InChI is InChI=1S/C19H23N3O4S/c23-19(10-9-16-5-2-1-3-6-16)22-13-11-21(12-14-22)18-8-4-7-17(15-18)20-27(24,25)26/h1-8,15,20H,9-14H2,(H,24,25,26). The number of anilines is 2. The fourth-order valence-corrected chi connectivity index (χ4v) is 3.61. The molecule has 2 aromatic carbocycles. The minimum atomic E-state index is -4.30. The highest BCUT2D eigenvalue weighted by Crippen LogP contribution is 2.21. The zero-order valence-corrected chi connectivity index (χ0v) is 15.7. The Labute approximate surface area is 159 Å². The molecule has 0 unspecified atom stereocenters. The molecule has 7 nitrogen and oxygen atoms in total. The van der Waals surface area contributed by atoms with Gasteiger partial charge >= 0.3 is 10.3 Å². The first-order valence-corrected chi connectivity index (χ1v) is 10.3. The van der Waals surface area contributed by atoms with E-state index < -0.39 is 10.3 Å². The Morgan fingerprint density at radius 2 is 1.70 bits per heavy atom. The molecule has 0 bridgehead atoms. The Morgan fingerprint density at radius 1 is 1.00 bits per heavy atom. The number of piperazine rings is 1. The van der Waals surface area contributed by atoms with Gasteiger partial charge in [-0.2, -0.15) is 8.42 Å². The van der Waals surface area contributed by atoms with E-state index in [1.165, 1.54) is 0 Å². The summed E-state index contributed by atoms with van der Waals surface area (Å²) in [5, 5.41) is 0. The summed E-state index contributed by atoms with van der Waals surface area (Å²) in [4.78, 5) is 16.4. The lowest BCUT2D eigenvalue weighted by atomic mass is 10.1. The molecule has 0 saturated carbocycles. The molecule has 2 N–H and O–H groups in total. The topological polar surface area (TPSA) is 90.0 Å². The van der Waals surface area contributed by atoms with E-state index in [0.717, 1.165) is 17.7 Å². The predicted octanol–water partition coefficient (Wildman–Crippen LogP) is 2.18. The lowest BCUT2D eigenvalue weighted by Gasteiger charge is -2.36. The Morgan fingerprint density at radius 3 is 2.37 bits per heavy atom.